The van der Waals surface area contributed by atoms with E-state index in [1.807, 2.05) is 54.6 Å². The molecule has 2 aromatic carbocycles. The van der Waals surface area contributed by atoms with Crippen LogP contribution in [-0.2, 0) is 16.0 Å². The highest BCUT2D eigenvalue weighted by atomic mass is 16.2. The molecule has 26 heavy (non-hydrogen) atoms. The number of hydrogen-bond acceptors (Lipinski definition) is 3. The molecule has 2 rings (SSSR count). The molecule has 5 heteroatoms. The Labute approximate surface area is 155 Å². The van der Waals surface area contributed by atoms with Crippen molar-refractivity contribution in [3.05, 3.63) is 60.2 Å². The lowest BCUT2D eigenvalue weighted by Crippen LogP contribution is -2.30. The first kappa shape index (κ1) is 19.5. The van der Waals surface area contributed by atoms with E-state index in [1.165, 1.54) is 0 Å². The summed E-state index contributed by atoms with van der Waals surface area (Å²) in [4.78, 5) is 23.8. The van der Waals surface area contributed by atoms with Crippen molar-refractivity contribution in [1.29, 1.82) is 0 Å². The summed E-state index contributed by atoms with van der Waals surface area (Å²) in [5.74, 6) is -0.0564. The molecule has 0 aliphatic carbocycles. The molecule has 0 aliphatic heterocycles. The van der Waals surface area contributed by atoms with E-state index < -0.39 is 0 Å². The molecule has 0 spiro atoms. The molecule has 0 heterocycles. The summed E-state index contributed by atoms with van der Waals surface area (Å²) in [7, 11) is 0. The molecule has 0 saturated heterocycles. The maximum atomic E-state index is 12.1. The quantitative estimate of drug-likeness (QED) is 0.572. The summed E-state index contributed by atoms with van der Waals surface area (Å²) < 4.78 is 0. The number of benzene rings is 2. The number of unbranched alkanes of at least 4 members (excludes halogenated alkanes) is 1. The molecule has 0 bridgehead atoms. The van der Waals surface area contributed by atoms with E-state index in [0.717, 1.165) is 29.8 Å². The summed E-state index contributed by atoms with van der Waals surface area (Å²) in [6.07, 6.45) is 3.18. The van der Waals surface area contributed by atoms with Gasteiger partial charge in [0.25, 0.3) is 0 Å². The lowest BCUT2D eigenvalue weighted by Gasteiger charge is -2.10. The molecular formula is C21H27N3O2. The number of nitrogens with one attached hydrogen (secondary N) is 3. The van der Waals surface area contributed by atoms with Crippen LogP contribution in [0.2, 0.25) is 0 Å². The number of amides is 2. The van der Waals surface area contributed by atoms with E-state index in [9.17, 15) is 9.59 Å². The zero-order valence-corrected chi connectivity index (χ0v) is 15.3. The van der Waals surface area contributed by atoms with Crippen LogP contribution in [0, 0.1) is 0 Å². The van der Waals surface area contributed by atoms with Crippen LogP contribution >= 0.6 is 0 Å². The molecular weight excluding hydrogens is 326 g/mol. The molecule has 3 N–H and O–H groups in total. The number of anilines is 2. The third kappa shape index (κ3) is 7.38. The van der Waals surface area contributed by atoms with Crippen LogP contribution in [-0.4, -0.2) is 24.9 Å². The molecule has 138 valence electrons. The summed E-state index contributed by atoms with van der Waals surface area (Å²) in [6, 6.07) is 17.3. The predicted octanol–water partition coefficient (Wildman–Crippen LogP) is 3.59. The Morgan fingerprint density at radius 2 is 1.69 bits per heavy atom. The van der Waals surface area contributed by atoms with Crippen LogP contribution < -0.4 is 16.0 Å². The minimum atomic E-state index is -0.0317. The van der Waals surface area contributed by atoms with Gasteiger partial charge < -0.3 is 16.0 Å². The van der Waals surface area contributed by atoms with Gasteiger partial charge in [-0.1, -0.05) is 49.7 Å². The maximum absolute atomic E-state index is 12.1. The van der Waals surface area contributed by atoms with E-state index in [-0.39, 0.29) is 18.4 Å². The third-order valence-corrected chi connectivity index (χ3v) is 3.94. The molecule has 2 aromatic rings. The number of carbonyl (C=O) groups is 2. The topological polar surface area (TPSA) is 70.2 Å². The number of rotatable bonds is 10. The Bertz CT molecular complexity index is 701. The highest BCUT2D eigenvalue weighted by Crippen LogP contribution is 2.15. The smallest absolute Gasteiger partial charge is 0.239 e. The summed E-state index contributed by atoms with van der Waals surface area (Å²) >= 11 is 0. The first-order valence-corrected chi connectivity index (χ1v) is 9.12. The lowest BCUT2D eigenvalue weighted by molar-refractivity contribution is -0.119. The Morgan fingerprint density at radius 1 is 0.923 bits per heavy atom. The minimum Gasteiger partial charge on any atom is -0.376 e. The van der Waals surface area contributed by atoms with E-state index in [4.69, 9.17) is 0 Å². The van der Waals surface area contributed by atoms with Crippen LogP contribution in [0.3, 0.4) is 0 Å². The van der Waals surface area contributed by atoms with Crippen molar-refractivity contribution in [1.82, 2.24) is 5.32 Å². The van der Waals surface area contributed by atoms with E-state index in [1.54, 1.807) is 0 Å². The zero-order chi connectivity index (χ0) is 18.6. The Kier molecular flexibility index (Phi) is 8.19. The second-order valence-electron chi connectivity index (χ2n) is 6.17. The van der Waals surface area contributed by atoms with Gasteiger partial charge >= 0.3 is 0 Å². The van der Waals surface area contributed by atoms with Crippen LogP contribution in [0.1, 0.15) is 31.7 Å². The van der Waals surface area contributed by atoms with Crippen molar-refractivity contribution in [3.63, 3.8) is 0 Å². The van der Waals surface area contributed by atoms with Gasteiger partial charge in [0.1, 0.15) is 0 Å². The maximum Gasteiger partial charge on any atom is 0.239 e. The first-order valence-electron chi connectivity index (χ1n) is 9.12. The summed E-state index contributed by atoms with van der Waals surface area (Å²) in [6.45, 7) is 3.01. The van der Waals surface area contributed by atoms with Gasteiger partial charge in [-0.3, -0.25) is 9.59 Å². The van der Waals surface area contributed by atoms with Gasteiger partial charge in [0.05, 0.1) is 6.54 Å². The van der Waals surface area contributed by atoms with E-state index in [2.05, 4.69) is 22.9 Å². The molecule has 0 unspecified atom stereocenters. The van der Waals surface area contributed by atoms with Gasteiger partial charge in [0, 0.05) is 24.3 Å². The fourth-order valence-corrected chi connectivity index (χ4v) is 2.48. The molecule has 0 aliphatic rings. The molecule has 2 amide bonds. The largest absolute Gasteiger partial charge is 0.376 e. The number of aryl methyl sites for hydroxylation is 1. The van der Waals surface area contributed by atoms with E-state index >= 15 is 0 Å². The molecule has 5 nitrogen and oxygen atoms in total. The fourth-order valence-electron chi connectivity index (χ4n) is 2.48. The van der Waals surface area contributed by atoms with Crippen LogP contribution in [0.25, 0.3) is 0 Å². The van der Waals surface area contributed by atoms with Gasteiger partial charge in [-0.25, -0.2) is 0 Å². The molecule has 0 fully saturated rings. The normalized spacial score (nSPS) is 10.2. The summed E-state index contributed by atoms with van der Waals surface area (Å²) in [5.41, 5.74) is 2.67. The van der Waals surface area contributed by atoms with Gasteiger partial charge in [0.15, 0.2) is 0 Å². The zero-order valence-electron chi connectivity index (χ0n) is 15.3. The Hall–Kier alpha value is -2.82. The SMILES string of the molecule is CCCCNC(=O)CNc1cccc(NC(=O)CCc2ccccc2)c1. The van der Waals surface area contributed by atoms with Crippen molar-refractivity contribution < 1.29 is 9.59 Å². The molecule has 0 saturated carbocycles. The average Bonchev–Trinajstić information content (AvgIpc) is 2.66. The van der Waals surface area contributed by atoms with Crippen LogP contribution in [0.5, 0.6) is 0 Å². The predicted molar refractivity (Wildman–Crippen MR) is 106 cm³/mol. The first-order chi connectivity index (χ1) is 12.7. The van der Waals surface area contributed by atoms with Gasteiger partial charge in [-0.15, -0.1) is 0 Å². The average molecular weight is 353 g/mol. The van der Waals surface area contributed by atoms with Gasteiger partial charge in [-0.05, 0) is 36.6 Å². The Balaban J connectivity index is 1.77. The van der Waals surface area contributed by atoms with Crippen molar-refractivity contribution in [2.45, 2.75) is 32.6 Å². The van der Waals surface area contributed by atoms with Crippen LogP contribution in [0.4, 0.5) is 11.4 Å². The number of carbonyl (C=O) groups excluding carboxylic acids is 2. The van der Waals surface area contributed by atoms with Crippen molar-refractivity contribution in [2.24, 2.45) is 0 Å². The summed E-state index contributed by atoms with van der Waals surface area (Å²) in [5, 5.41) is 8.84. The van der Waals surface area contributed by atoms with E-state index in [0.29, 0.717) is 19.4 Å². The van der Waals surface area contributed by atoms with Crippen molar-refractivity contribution >= 4 is 23.2 Å². The fraction of sp³-hybridized carbons (Fsp3) is 0.333. The van der Waals surface area contributed by atoms with Crippen molar-refractivity contribution in [2.75, 3.05) is 23.7 Å². The highest BCUT2D eigenvalue weighted by Gasteiger charge is 2.05. The standard InChI is InChI=1S/C21H27N3O2/c1-2-3-14-22-21(26)16-23-18-10-7-11-19(15-18)24-20(25)13-12-17-8-5-4-6-9-17/h4-11,15,23H,2-3,12-14,16H2,1H3,(H,22,26)(H,24,25). The Morgan fingerprint density at radius 3 is 2.46 bits per heavy atom. The number of hydrogen-bond donors (Lipinski definition) is 3. The van der Waals surface area contributed by atoms with Gasteiger partial charge in [0.2, 0.25) is 11.8 Å². The minimum absolute atomic E-state index is 0.0247. The monoisotopic (exact) mass is 353 g/mol. The second-order valence-corrected chi connectivity index (χ2v) is 6.17. The second kappa shape index (κ2) is 10.9. The lowest BCUT2D eigenvalue weighted by atomic mass is 10.1. The highest BCUT2D eigenvalue weighted by molar-refractivity contribution is 5.91. The van der Waals surface area contributed by atoms with Gasteiger partial charge in [-0.2, -0.15) is 0 Å². The van der Waals surface area contributed by atoms with Crippen LogP contribution in [0.15, 0.2) is 54.6 Å². The third-order valence-electron chi connectivity index (χ3n) is 3.94. The molecule has 0 aromatic heterocycles. The molecule has 0 atom stereocenters. The van der Waals surface area contributed by atoms with Crippen molar-refractivity contribution in [3.8, 4) is 0 Å². The molecule has 0 radical (unpaired) electrons.